The SMILES string of the molecule is CC(C)[C@H](N)C(=O)OC[C@@]1(F)O[C@@H](n2ccc(=O)[nH]c2=O)[C@H](O)[C@@H]1O.[2H]C([2H])(OC(=O)[C@@H](N)C(C)C)[C@@]1(F)O[C@@H](n2ccc(=O)[nH]c2=O)[C@H](O)[C@@H]1O.[2H]C([2H])(OC(=O)[C@@H](N)C(C)C)[C@@]1(F)O[C@@]([2H])(n2ccc(=O)[nH]c2=O)[C@H](O)[C@@H]1O.[2H][C@@]1(n2ccc(=O)[nH]c2=O)O[C@](F)(COC(=O)[C@@H](N)C(C)C)[C@@H](O)[C@H]1O. The van der Waals surface area contributed by atoms with Crippen molar-refractivity contribution in [3.63, 3.8) is 0 Å². The maximum absolute atomic E-state index is 15.3. The summed E-state index contributed by atoms with van der Waals surface area (Å²) in [5, 5.41) is 80.0. The van der Waals surface area contributed by atoms with Crippen LogP contribution in [0, 0.1) is 23.7 Å². The van der Waals surface area contributed by atoms with Crippen molar-refractivity contribution in [2.75, 3.05) is 26.3 Å². The summed E-state index contributed by atoms with van der Waals surface area (Å²) >= 11 is 0. The van der Waals surface area contributed by atoms with Crippen molar-refractivity contribution in [2.24, 2.45) is 46.6 Å². The number of carbonyl (C=O) groups is 4. The molecule has 0 bridgehead atoms. The van der Waals surface area contributed by atoms with E-state index in [1.165, 1.54) is 13.8 Å². The van der Waals surface area contributed by atoms with Crippen LogP contribution in [0.25, 0.3) is 0 Å². The molecular weight excluding hydrogens is 1360 g/mol. The molecule has 40 nitrogen and oxygen atoms in total. The summed E-state index contributed by atoms with van der Waals surface area (Å²) in [6.45, 7) is 3.31. The van der Waals surface area contributed by atoms with Gasteiger partial charge >= 0.3 is 46.6 Å². The molecule has 4 aromatic rings. The molecule has 4 aliphatic heterocycles. The minimum atomic E-state index is -3.95. The molecule has 44 heteroatoms. The smallest absolute Gasteiger partial charge is 0.330 e. The Morgan fingerprint density at radius 3 is 0.960 bits per heavy atom. The fraction of sp³-hybridized carbons (Fsp3) is 0.643. The van der Waals surface area contributed by atoms with Crippen LogP contribution >= 0.6 is 0 Å². The monoisotopic (exact) mass is 1450 g/mol. The number of halogens is 4. The molecule has 4 saturated heterocycles. The van der Waals surface area contributed by atoms with Crippen LogP contribution in [0.2, 0.25) is 0 Å². The van der Waals surface area contributed by atoms with Crippen LogP contribution in [0.1, 0.15) is 88.5 Å². The number of aliphatic hydroxyl groups excluding tert-OH is 8. The minimum absolute atomic E-state index is 0.237. The molecule has 4 aromatic heterocycles. The summed E-state index contributed by atoms with van der Waals surface area (Å²) in [6, 6.07) is -1.21. The number of esters is 4. The van der Waals surface area contributed by atoms with E-state index in [9.17, 15) is 107 Å². The molecule has 560 valence electrons. The van der Waals surface area contributed by atoms with E-state index in [-0.39, 0.29) is 16.4 Å². The Balaban J connectivity index is 0.000000254. The van der Waals surface area contributed by atoms with Gasteiger partial charge in [0.1, 0.15) is 73.0 Å². The van der Waals surface area contributed by atoms with E-state index in [0.717, 1.165) is 42.9 Å². The summed E-state index contributed by atoms with van der Waals surface area (Å²) in [5.74, 6) is -19.8. The predicted octanol–water partition coefficient (Wildman–Crippen LogP) is -8.08. The number of nitrogens with one attached hydrogen (secondary N) is 4. The number of nitrogens with two attached hydrogens (primary N) is 4. The first-order valence-corrected chi connectivity index (χ1v) is 29.5. The standard InChI is InChI=1S/4C14H20FN3O7/c4*1-6(2)8(16)12(22)24-5-14(15)10(21)9(20)11(25-14)18-4-3-7(19)17-13(18)23/h4*3-4,6,8-11,20-21H,5,16H2,1-2H3,(H,17,19,23)/t4*8-,9+,10-,11+,14+/m0000/s1/i5D2,11D;11D;5D2;. The van der Waals surface area contributed by atoms with Crippen molar-refractivity contribution < 1.29 is 124 Å². The van der Waals surface area contributed by atoms with Gasteiger partial charge in [0.2, 0.25) is 0 Å². The summed E-state index contributed by atoms with van der Waals surface area (Å²) in [5.41, 5.74) is 14.5. The third kappa shape index (κ3) is 19.2. The van der Waals surface area contributed by atoms with Crippen LogP contribution in [0.5, 0.6) is 0 Å². The predicted molar refractivity (Wildman–Crippen MR) is 324 cm³/mol. The highest BCUT2D eigenvalue weighted by atomic mass is 19.2. The third-order valence-electron chi connectivity index (χ3n) is 14.9. The van der Waals surface area contributed by atoms with Gasteiger partial charge in [0, 0.05) is 49.1 Å². The van der Waals surface area contributed by atoms with Gasteiger partial charge in [-0.05, 0) is 23.7 Å². The Morgan fingerprint density at radius 1 is 0.430 bits per heavy atom. The van der Waals surface area contributed by atoms with Crippen molar-refractivity contribution >= 4 is 23.9 Å². The zero-order valence-corrected chi connectivity index (χ0v) is 53.8. The number of alkyl halides is 4. The third-order valence-corrected chi connectivity index (χ3v) is 14.9. The number of ether oxygens (including phenoxy) is 8. The molecule has 4 fully saturated rings. The second-order valence-corrected chi connectivity index (χ2v) is 23.7. The zero-order valence-electron chi connectivity index (χ0n) is 59.8. The average molecular weight is 1450 g/mol. The molecule has 20 N–H and O–H groups in total. The summed E-state index contributed by atoms with van der Waals surface area (Å²) in [7, 11) is 0. The number of aromatic amines is 4. The van der Waals surface area contributed by atoms with Gasteiger partial charge in [-0.25, -0.2) is 36.7 Å². The number of rotatable bonds is 20. The normalized spacial score (nSPS) is 33.1. The van der Waals surface area contributed by atoms with Gasteiger partial charge in [0.05, 0.1) is 8.22 Å². The molecule has 20 atom stereocenters. The largest absolute Gasteiger partial charge is 0.458 e. The quantitative estimate of drug-likeness (QED) is 0.0222. The van der Waals surface area contributed by atoms with Gasteiger partial charge < -0.3 is 102 Å². The van der Waals surface area contributed by atoms with E-state index in [4.69, 9.17) is 50.1 Å². The van der Waals surface area contributed by atoms with E-state index in [2.05, 4.69) is 18.9 Å². The lowest BCUT2D eigenvalue weighted by atomic mass is 10.1. The molecule has 0 spiro atoms. The van der Waals surface area contributed by atoms with Crippen molar-refractivity contribution in [3.8, 4) is 0 Å². The number of hydrogen-bond donors (Lipinski definition) is 16. The molecular formula is C56H80F4N12O28. The molecule has 100 heavy (non-hydrogen) atoms. The molecule has 0 unspecified atom stereocenters. The number of carbonyl (C=O) groups excluding carboxylic acids is 4. The maximum atomic E-state index is 15.3. The van der Waals surface area contributed by atoms with Crippen molar-refractivity contribution in [1.29, 1.82) is 0 Å². The second-order valence-electron chi connectivity index (χ2n) is 23.7. The highest BCUT2D eigenvalue weighted by Crippen LogP contribution is 2.41. The average Bonchev–Trinajstić information content (AvgIpc) is 1.49. The van der Waals surface area contributed by atoms with Crippen LogP contribution in [-0.2, 0) is 57.1 Å². The second kappa shape index (κ2) is 33.4. The number of nitrogens with zero attached hydrogens (tertiary/aromatic N) is 4. The van der Waals surface area contributed by atoms with Gasteiger partial charge in [0.15, 0.2) is 51.2 Å². The van der Waals surface area contributed by atoms with Crippen molar-refractivity contribution in [3.05, 3.63) is 132 Å². The van der Waals surface area contributed by atoms with E-state index in [0.29, 0.717) is 19.9 Å². The Hall–Kier alpha value is -8.32. The number of aliphatic hydroxyl groups is 8. The molecule has 0 saturated carbocycles. The van der Waals surface area contributed by atoms with Crippen LogP contribution in [-0.4, -0.2) is 226 Å². The lowest BCUT2D eigenvalue weighted by Gasteiger charge is -2.24. The number of hydrogen-bond acceptors (Lipinski definition) is 32. The molecule has 8 heterocycles. The highest BCUT2D eigenvalue weighted by molar-refractivity contribution is 5.77. The lowest BCUT2D eigenvalue weighted by Crippen LogP contribution is -2.46. The van der Waals surface area contributed by atoms with E-state index in [1.54, 1.807) is 46.5 Å². The highest BCUT2D eigenvalue weighted by Gasteiger charge is 2.61. The van der Waals surface area contributed by atoms with Crippen molar-refractivity contribution in [1.82, 2.24) is 38.2 Å². The van der Waals surface area contributed by atoms with E-state index >= 15 is 8.78 Å². The van der Waals surface area contributed by atoms with Gasteiger partial charge in [-0.3, -0.25) is 76.6 Å². The fourth-order valence-corrected chi connectivity index (χ4v) is 8.38. The first-order chi connectivity index (χ1) is 48.5. The summed E-state index contributed by atoms with van der Waals surface area (Å²) in [4.78, 5) is 146. The Labute approximate surface area is 566 Å². The van der Waals surface area contributed by atoms with E-state index < -0.39 is 228 Å². The first kappa shape index (κ1) is 72.9. The molecule has 0 aliphatic carbocycles. The van der Waals surface area contributed by atoms with Crippen LogP contribution in [0.4, 0.5) is 17.6 Å². The van der Waals surface area contributed by atoms with Gasteiger partial charge in [-0.2, -0.15) is 0 Å². The van der Waals surface area contributed by atoms with Gasteiger partial charge in [-0.15, -0.1) is 0 Å². The molecule has 8 rings (SSSR count). The van der Waals surface area contributed by atoms with Gasteiger partial charge in [0.25, 0.3) is 45.7 Å². The molecule has 0 aromatic carbocycles. The Bertz CT molecular complexity index is 4330. The number of H-pyrrole nitrogens is 4. The Morgan fingerprint density at radius 2 is 0.660 bits per heavy atom. The molecule has 0 amide bonds. The van der Waals surface area contributed by atoms with Crippen LogP contribution < -0.4 is 67.9 Å². The van der Waals surface area contributed by atoms with Gasteiger partial charge in [-0.1, -0.05) is 55.4 Å². The summed E-state index contributed by atoms with van der Waals surface area (Å²) < 4.78 is 146. The van der Waals surface area contributed by atoms with Crippen LogP contribution in [0.15, 0.2) is 87.4 Å². The first-order valence-electron chi connectivity index (χ1n) is 32.5. The molecule has 4 aliphatic rings. The minimum Gasteiger partial charge on any atom is -0.458 e. The Kier molecular flexibility index (Phi) is 24.4. The maximum Gasteiger partial charge on any atom is 0.330 e. The van der Waals surface area contributed by atoms with E-state index in [1.807, 2.05) is 15.0 Å². The zero-order chi connectivity index (χ0) is 81.2. The number of aromatic nitrogens is 8. The summed E-state index contributed by atoms with van der Waals surface area (Å²) in [6.07, 6.45) is -24.5. The topological polar surface area (TPSA) is 627 Å². The van der Waals surface area contributed by atoms with Crippen molar-refractivity contribution in [2.45, 2.75) is 177 Å². The fourth-order valence-electron chi connectivity index (χ4n) is 8.38. The molecule has 0 radical (unpaired) electrons. The van der Waals surface area contributed by atoms with Crippen LogP contribution in [0.3, 0.4) is 0 Å². The lowest BCUT2D eigenvalue weighted by molar-refractivity contribution is -0.217.